The SMILES string of the molecule is CCCCCOc1ccc(-c2ccc(C#Cc3ccc4cc(OCCCC)ccc4c3)cc2)cc1. The van der Waals surface area contributed by atoms with Crippen molar-refractivity contribution in [1.29, 1.82) is 0 Å². The van der Waals surface area contributed by atoms with E-state index in [0.717, 1.165) is 55.1 Å². The third kappa shape index (κ3) is 7.14. The van der Waals surface area contributed by atoms with Crippen molar-refractivity contribution in [3.8, 4) is 34.5 Å². The fraction of sp³-hybridized carbons (Fsp3) is 0.273. The van der Waals surface area contributed by atoms with Gasteiger partial charge in [0.05, 0.1) is 13.2 Å². The van der Waals surface area contributed by atoms with E-state index in [1.54, 1.807) is 0 Å². The van der Waals surface area contributed by atoms with Crippen LogP contribution in [0.25, 0.3) is 21.9 Å². The van der Waals surface area contributed by atoms with Crippen molar-refractivity contribution in [2.24, 2.45) is 0 Å². The van der Waals surface area contributed by atoms with Crippen LogP contribution in [-0.2, 0) is 0 Å². The van der Waals surface area contributed by atoms with Crippen LogP contribution in [0.2, 0.25) is 0 Å². The highest BCUT2D eigenvalue weighted by Gasteiger charge is 2.01. The number of unbranched alkanes of at least 4 members (excludes halogenated alkanes) is 3. The van der Waals surface area contributed by atoms with Gasteiger partial charge in [0, 0.05) is 11.1 Å². The molecule has 4 rings (SSSR count). The molecule has 0 bridgehead atoms. The molecule has 0 saturated carbocycles. The van der Waals surface area contributed by atoms with E-state index in [1.807, 2.05) is 6.07 Å². The van der Waals surface area contributed by atoms with Crippen molar-refractivity contribution in [3.63, 3.8) is 0 Å². The molecule has 178 valence electrons. The molecule has 0 heterocycles. The van der Waals surface area contributed by atoms with Gasteiger partial charge < -0.3 is 9.47 Å². The van der Waals surface area contributed by atoms with Gasteiger partial charge in [0.25, 0.3) is 0 Å². The molecule has 0 unspecified atom stereocenters. The molecule has 0 saturated heterocycles. The Morgan fingerprint density at radius 1 is 0.514 bits per heavy atom. The molecular weight excluding hydrogens is 428 g/mol. The number of fused-ring (bicyclic) bond motifs is 1. The van der Waals surface area contributed by atoms with E-state index in [1.165, 1.54) is 34.7 Å². The van der Waals surface area contributed by atoms with Crippen LogP contribution in [-0.4, -0.2) is 13.2 Å². The van der Waals surface area contributed by atoms with Gasteiger partial charge in [-0.3, -0.25) is 0 Å². The van der Waals surface area contributed by atoms with Crippen LogP contribution in [0.3, 0.4) is 0 Å². The van der Waals surface area contributed by atoms with Crippen LogP contribution in [0.5, 0.6) is 11.5 Å². The second-order valence-corrected chi connectivity index (χ2v) is 8.83. The molecule has 4 aromatic carbocycles. The average Bonchev–Trinajstić information content (AvgIpc) is 2.91. The molecule has 0 spiro atoms. The fourth-order valence-electron chi connectivity index (χ4n) is 3.90. The minimum absolute atomic E-state index is 0.767. The molecule has 0 aliphatic carbocycles. The quantitative estimate of drug-likeness (QED) is 0.173. The van der Waals surface area contributed by atoms with Crippen molar-refractivity contribution in [1.82, 2.24) is 0 Å². The Labute approximate surface area is 209 Å². The number of hydrogen-bond acceptors (Lipinski definition) is 2. The maximum atomic E-state index is 5.83. The second-order valence-electron chi connectivity index (χ2n) is 8.83. The summed E-state index contributed by atoms with van der Waals surface area (Å²) in [5.41, 5.74) is 4.37. The van der Waals surface area contributed by atoms with Gasteiger partial charge in [-0.25, -0.2) is 0 Å². The molecule has 0 N–H and O–H groups in total. The number of hydrogen-bond donors (Lipinski definition) is 0. The molecule has 0 radical (unpaired) electrons. The van der Waals surface area contributed by atoms with Gasteiger partial charge in [0.15, 0.2) is 0 Å². The molecule has 35 heavy (non-hydrogen) atoms. The Kier molecular flexibility index (Phi) is 8.85. The summed E-state index contributed by atoms with van der Waals surface area (Å²) in [6, 6.07) is 29.3. The van der Waals surface area contributed by atoms with Gasteiger partial charge in [-0.2, -0.15) is 0 Å². The predicted octanol–water partition coefficient (Wildman–Crippen LogP) is 8.65. The molecule has 2 nitrogen and oxygen atoms in total. The monoisotopic (exact) mass is 462 g/mol. The van der Waals surface area contributed by atoms with Crippen LogP contribution in [0, 0.1) is 11.8 Å². The normalized spacial score (nSPS) is 10.6. The van der Waals surface area contributed by atoms with Crippen molar-refractivity contribution >= 4 is 10.8 Å². The number of rotatable bonds is 10. The molecule has 0 atom stereocenters. The zero-order valence-corrected chi connectivity index (χ0v) is 20.8. The zero-order valence-electron chi connectivity index (χ0n) is 20.8. The maximum Gasteiger partial charge on any atom is 0.119 e. The number of ether oxygens (including phenoxy) is 2. The maximum absolute atomic E-state index is 5.83. The summed E-state index contributed by atoms with van der Waals surface area (Å²) in [6.45, 7) is 5.93. The highest BCUT2D eigenvalue weighted by atomic mass is 16.5. The largest absolute Gasteiger partial charge is 0.494 e. The summed E-state index contributed by atoms with van der Waals surface area (Å²) in [7, 11) is 0. The third-order valence-electron chi connectivity index (χ3n) is 6.02. The van der Waals surface area contributed by atoms with Gasteiger partial charge >= 0.3 is 0 Å². The summed E-state index contributed by atoms with van der Waals surface area (Å²) in [5.74, 6) is 8.47. The van der Waals surface area contributed by atoms with Gasteiger partial charge in [0.1, 0.15) is 11.5 Å². The summed E-state index contributed by atoms with van der Waals surface area (Å²) < 4.78 is 11.6. The van der Waals surface area contributed by atoms with Crippen LogP contribution >= 0.6 is 0 Å². The first-order chi connectivity index (χ1) is 17.2. The van der Waals surface area contributed by atoms with Gasteiger partial charge in [-0.1, -0.05) is 81.3 Å². The summed E-state index contributed by atoms with van der Waals surface area (Å²) in [6.07, 6.45) is 5.74. The van der Waals surface area contributed by atoms with E-state index in [2.05, 4.69) is 105 Å². The van der Waals surface area contributed by atoms with Crippen molar-refractivity contribution < 1.29 is 9.47 Å². The zero-order chi connectivity index (χ0) is 24.3. The molecule has 4 aromatic rings. The Morgan fingerprint density at radius 3 is 1.80 bits per heavy atom. The minimum atomic E-state index is 0.767. The van der Waals surface area contributed by atoms with E-state index in [4.69, 9.17) is 9.47 Å². The Balaban J connectivity index is 1.38. The smallest absolute Gasteiger partial charge is 0.119 e. The van der Waals surface area contributed by atoms with Gasteiger partial charge in [-0.15, -0.1) is 0 Å². The third-order valence-corrected chi connectivity index (χ3v) is 6.02. The topological polar surface area (TPSA) is 18.5 Å². The van der Waals surface area contributed by atoms with E-state index < -0.39 is 0 Å². The van der Waals surface area contributed by atoms with Crippen molar-refractivity contribution in [2.75, 3.05) is 13.2 Å². The van der Waals surface area contributed by atoms with Crippen LogP contribution < -0.4 is 9.47 Å². The lowest BCUT2D eigenvalue weighted by molar-refractivity contribution is 0.306. The first-order valence-corrected chi connectivity index (χ1v) is 12.8. The Hall–Kier alpha value is -3.70. The highest BCUT2D eigenvalue weighted by Crippen LogP contribution is 2.24. The second kappa shape index (κ2) is 12.7. The molecule has 0 aliphatic rings. The van der Waals surface area contributed by atoms with Crippen LogP contribution in [0.1, 0.15) is 57.1 Å². The molecule has 0 aromatic heterocycles. The Bertz CT molecular complexity index is 1270. The summed E-state index contributed by atoms with van der Waals surface area (Å²) in [5, 5.41) is 2.35. The average molecular weight is 463 g/mol. The Morgan fingerprint density at radius 2 is 1.06 bits per heavy atom. The number of benzene rings is 4. The van der Waals surface area contributed by atoms with Crippen molar-refractivity contribution in [2.45, 2.75) is 46.0 Å². The van der Waals surface area contributed by atoms with Crippen LogP contribution in [0.15, 0.2) is 84.9 Å². The lowest BCUT2D eigenvalue weighted by Gasteiger charge is -2.07. The standard InChI is InChI=1S/C33H34O2/c1-3-5-7-23-34-32-19-16-29(17-20-32)28-13-10-26(11-14-28)8-9-27-12-15-31-25-33(35-22-6-4-2)21-18-30(31)24-27/h10-21,24-25H,3-7,22-23H2,1-2H3. The van der Waals surface area contributed by atoms with E-state index in [-0.39, 0.29) is 0 Å². The van der Waals surface area contributed by atoms with Gasteiger partial charge in [0.2, 0.25) is 0 Å². The molecular formula is C33H34O2. The van der Waals surface area contributed by atoms with Crippen molar-refractivity contribution in [3.05, 3.63) is 96.1 Å². The van der Waals surface area contributed by atoms with E-state index in [0.29, 0.717) is 0 Å². The molecule has 0 fully saturated rings. The van der Waals surface area contributed by atoms with Crippen LogP contribution in [0.4, 0.5) is 0 Å². The molecule has 2 heteroatoms. The predicted molar refractivity (Wildman–Crippen MR) is 147 cm³/mol. The van der Waals surface area contributed by atoms with Gasteiger partial charge in [-0.05, 0) is 83.3 Å². The molecule has 0 amide bonds. The lowest BCUT2D eigenvalue weighted by Crippen LogP contribution is -1.96. The first kappa shape index (κ1) is 24.4. The first-order valence-electron chi connectivity index (χ1n) is 12.8. The van der Waals surface area contributed by atoms with E-state index >= 15 is 0 Å². The highest BCUT2D eigenvalue weighted by molar-refractivity contribution is 5.85. The minimum Gasteiger partial charge on any atom is -0.494 e. The summed E-state index contributed by atoms with van der Waals surface area (Å²) >= 11 is 0. The summed E-state index contributed by atoms with van der Waals surface area (Å²) in [4.78, 5) is 0. The van der Waals surface area contributed by atoms with E-state index in [9.17, 15) is 0 Å². The fourth-order valence-corrected chi connectivity index (χ4v) is 3.90. The lowest BCUT2D eigenvalue weighted by atomic mass is 10.0. The molecule has 0 aliphatic heterocycles.